The first-order chi connectivity index (χ1) is 22.4. The van der Waals surface area contributed by atoms with Gasteiger partial charge in [-0.1, -0.05) is 39.0 Å². The summed E-state index contributed by atoms with van der Waals surface area (Å²) in [4.78, 5) is 72.3. The van der Waals surface area contributed by atoms with Crippen LogP contribution in [0.5, 0.6) is 0 Å². The molecule has 0 spiro atoms. The third-order valence-electron chi connectivity index (χ3n) is 7.96. The van der Waals surface area contributed by atoms with Gasteiger partial charge in [-0.05, 0) is 72.5 Å². The van der Waals surface area contributed by atoms with Crippen LogP contribution in [0.2, 0.25) is 0 Å². The molecule has 0 saturated carbocycles. The second-order valence-corrected chi connectivity index (χ2v) is 12.4. The number of aromatic amines is 1. The standard InChI is InChI=1S/C35H39N5O7/c1-6-46-28(41)15-14-27(32(44)47-7-2)40-19-22-17-23(11-12-24(22)31(40)43)36-18-20-8-9-21-10-13-26-29(25(21)16-20)30(42)38-34(37-26)39-33(45)35(3,4)5/h8-13,16-17,27,36H,6-7,14-15,18-19H2,1-5H3,(H2,37,38,39,42,45)/t27-/m0/s1. The highest BCUT2D eigenvalue weighted by atomic mass is 16.5. The molecule has 1 aromatic heterocycles. The number of nitrogens with one attached hydrogen (secondary N) is 3. The molecule has 3 N–H and O–H groups in total. The van der Waals surface area contributed by atoms with Crippen molar-refractivity contribution >= 4 is 57.1 Å². The molecule has 246 valence electrons. The number of nitrogens with zero attached hydrogens (tertiary/aromatic N) is 2. The molecule has 1 aliphatic rings. The second kappa shape index (κ2) is 13.6. The minimum Gasteiger partial charge on any atom is -0.466 e. The van der Waals surface area contributed by atoms with E-state index in [0.717, 1.165) is 27.6 Å². The zero-order valence-corrected chi connectivity index (χ0v) is 27.2. The van der Waals surface area contributed by atoms with Gasteiger partial charge in [-0.2, -0.15) is 0 Å². The molecule has 0 radical (unpaired) electrons. The Labute approximate surface area is 271 Å². The number of rotatable bonds is 11. The van der Waals surface area contributed by atoms with Crippen LogP contribution in [-0.2, 0) is 36.9 Å². The van der Waals surface area contributed by atoms with Crippen LogP contribution in [0.15, 0.2) is 53.3 Å². The lowest BCUT2D eigenvalue weighted by atomic mass is 9.96. The molecule has 47 heavy (non-hydrogen) atoms. The van der Waals surface area contributed by atoms with E-state index in [1.165, 1.54) is 4.90 Å². The summed E-state index contributed by atoms with van der Waals surface area (Å²) in [6.07, 6.45) is 0.0898. The molecule has 0 fully saturated rings. The molecule has 0 aliphatic carbocycles. The first-order valence-electron chi connectivity index (χ1n) is 15.7. The number of esters is 2. The molecular formula is C35H39N5O7. The van der Waals surface area contributed by atoms with Crippen LogP contribution in [0, 0.1) is 5.41 Å². The Morgan fingerprint density at radius 3 is 2.47 bits per heavy atom. The van der Waals surface area contributed by atoms with E-state index in [4.69, 9.17) is 9.47 Å². The molecular weight excluding hydrogens is 602 g/mol. The van der Waals surface area contributed by atoms with Gasteiger partial charge in [0.25, 0.3) is 11.5 Å². The van der Waals surface area contributed by atoms with E-state index in [-0.39, 0.29) is 55.9 Å². The van der Waals surface area contributed by atoms with Gasteiger partial charge in [-0.15, -0.1) is 0 Å². The predicted molar refractivity (Wildman–Crippen MR) is 178 cm³/mol. The number of H-pyrrole nitrogens is 1. The lowest BCUT2D eigenvalue weighted by Crippen LogP contribution is -2.42. The van der Waals surface area contributed by atoms with Crippen molar-refractivity contribution in [2.45, 2.75) is 66.6 Å². The Bertz CT molecular complexity index is 1930. The van der Waals surface area contributed by atoms with Gasteiger partial charge in [0, 0.05) is 36.2 Å². The second-order valence-electron chi connectivity index (χ2n) is 12.4. The third-order valence-corrected chi connectivity index (χ3v) is 7.96. The monoisotopic (exact) mass is 641 g/mol. The Morgan fingerprint density at radius 2 is 1.74 bits per heavy atom. The van der Waals surface area contributed by atoms with Crippen molar-refractivity contribution in [3.63, 3.8) is 0 Å². The number of hydrogen-bond donors (Lipinski definition) is 3. The first kappa shape index (κ1) is 33.1. The number of amides is 2. The van der Waals surface area contributed by atoms with Gasteiger partial charge in [0.05, 0.1) is 24.1 Å². The van der Waals surface area contributed by atoms with E-state index in [0.29, 0.717) is 23.0 Å². The highest BCUT2D eigenvalue weighted by Crippen LogP contribution is 2.30. The maximum atomic E-state index is 13.3. The van der Waals surface area contributed by atoms with E-state index in [1.807, 2.05) is 30.3 Å². The Hall–Kier alpha value is -5.26. The van der Waals surface area contributed by atoms with Crippen molar-refractivity contribution in [2.75, 3.05) is 23.8 Å². The maximum absolute atomic E-state index is 13.3. The number of benzene rings is 3. The third kappa shape index (κ3) is 7.26. The van der Waals surface area contributed by atoms with Gasteiger partial charge < -0.3 is 19.7 Å². The average Bonchev–Trinajstić information content (AvgIpc) is 3.34. The van der Waals surface area contributed by atoms with Crippen LogP contribution < -0.4 is 16.2 Å². The van der Waals surface area contributed by atoms with Gasteiger partial charge in [0.1, 0.15) is 6.04 Å². The fourth-order valence-electron chi connectivity index (χ4n) is 5.51. The number of fused-ring (bicyclic) bond motifs is 4. The number of anilines is 2. The van der Waals surface area contributed by atoms with Crippen LogP contribution in [0.3, 0.4) is 0 Å². The summed E-state index contributed by atoms with van der Waals surface area (Å²) in [7, 11) is 0. The highest BCUT2D eigenvalue weighted by molar-refractivity contribution is 6.06. The number of ether oxygens (including phenoxy) is 2. The maximum Gasteiger partial charge on any atom is 0.328 e. The summed E-state index contributed by atoms with van der Waals surface area (Å²) in [5.41, 5.74) is 2.38. The molecule has 1 atom stereocenters. The average molecular weight is 642 g/mol. The highest BCUT2D eigenvalue weighted by Gasteiger charge is 2.37. The summed E-state index contributed by atoms with van der Waals surface area (Å²) < 4.78 is 10.2. The lowest BCUT2D eigenvalue weighted by molar-refractivity contribution is -0.150. The molecule has 2 amide bonds. The molecule has 12 nitrogen and oxygen atoms in total. The lowest BCUT2D eigenvalue weighted by Gasteiger charge is -2.25. The quantitative estimate of drug-likeness (QED) is 0.153. The largest absolute Gasteiger partial charge is 0.466 e. The minimum atomic E-state index is -0.911. The normalized spacial score (nSPS) is 13.4. The zero-order valence-electron chi connectivity index (χ0n) is 27.2. The van der Waals surface area contributed by atoms with Crippen LogP contribution >= 0.6 is 0 Å². The molecule has 1 aliphatic heterocycles. The molecule has 2 heterocycles. The predicted octanol–water partition coefficient (Wildman–Crippen LogP) is 4.90. The van der Waals surface area contributed by atoms with Gasteiger partial charge in [-0.3, -0.25) is 29.5 Å². The Morgan fingerprint density at radius 1 is 1.00 bits per heavy atom. The molecule has 12 heteroatoms. The zero-order chi connectivity index (χ0) is 33.9. The molecule has 3 aromatic carbocycles. The van der Waals surface area contributed by atoms with Gasteiger partial charge in [0.15, 0.2) is 0 Å². The van der Waals surface area contributed by atoms with E-state index in [2.05, 4.69) is 20.6 Å². The van der Waals surface area contributed by atoms with Gasteiger partial charge in [0.2, 0.25) is 11.9 Å². The number of carbonyl (C=O) groups excluding carboxylic acids is 4. The van der Waals surface area contributed by atoms with Crippen molar-refractivity contribution in [3.8, 4) is 0 Å². The van der Waals surface area contributed by atoms with E-state index >= 15 is 0 Å². The van der Waals surface area contributed by atoms with Crippen molar-refractivity contribution < 1.29 is 28.7 Å². The SMILES string of the molecule is CCOC(=O)CC[C@@H](C(=O)OCC)N1Cc2cc(NCc3ccc4ccc5nc(NC(=O)C(C)(C)C)[nH]c(=O)c5c4c3)ccc2C1=O. The van der Waals surface area contributed by atoms with E-state index in [1.54, 1.807) is 52.8 Å². The van der Waals surface area contributed by atoms with Crippen molar-refractivity contribution in [1.82, 2.24) is 14.9 Å². The summed E-state index contributed by atoms with van der Waals surface area (Å²) in [6.45, 7) is 9.75. The van der Waals surface area contributed by atoms with Crippen molar-refractivity contribution in [1.29, 1.82) is 0 Å². The van der Waals surface area contributed by atoms with Crippen LogP contribution in [0.4, 0.5) is 11.6 Å². The summed E-state index contributed by atoms with van der Waals surface area (Å²) in [6, 6.07) is 14.0. The minimum absolute atomic E-state index is 0.0118. The van der Waals surface area contributed by atoms with Crippen LogP contribution in [-0.4, -0.2) is 57.9 Å². The molecule has 5 rings (SSSR count). The number of carbonyl (C=O) groups is 4. The van der Waals surface area contributed by atoms with E-state index in [9.17, 15) is 24.0 Å². The molecule has 0 bridgehead atoms. The Balaban J connectivity index is 1.33. The fourth-order valence-corrected chi connectivity index (χ4v) is 5.51. The van der Waals surface area contributed by atoms with Crippen molar-refractivity contribution in [2.24, 2.45) is 5.41 Å². The van der Waals surface area contributed by atoms with Gasteiger partial charge in [-0.25, -0.2) is 9.78 Å². The molecule has 0 unspecified atom stereocenters. The van der Waals surface area contributed by atoms with Crippen LogP contribution in [0.1, 0.15) is 68.9 Å². The first-order valence-corrected chi connectivity index (χ1v) is 15.7. The topological polar surface area (TPSA) is 160 Å². The fraction of sp³-hybridized carbons (Fsp3) is 0.371. The molecule has 0 saturated heterocycles. The summed E-state index contributed by atoms with van der Waals surface area (Å²) in [5.74, 6) is -1.45. The summed E-state index contributed by atoms with van der Waals surface area (Å²) in [5, 5.41) is 8.10. The smallest absolute Gasteiger partial charge is 0.328 e. The molecule has 4 aromatic rings. The summed E-state index contributed by atoms with van der Waals surface area (Å²) >= 11 is 0. The Kier molecular flexibility index (Phi) is 9.59. The number of hydrogen-bond acceptors (Lipinski definition) is 9. The van der Waals surface area contributed by atoms with Crippen molar-refractivity contribution in [3.05, 3.63) is 75.6 Å². The van der Waals surface area contributed by atoms with Crippen LogP contribution in [0.25, 0.3) is 21.7 Å². The number of aromatic nitrogens is 2. The van der Waals surface area contributed by atoms with Gasteiger partial charge >= 0.3 is 11.9 Å². The van der Waals surface area contributed by atoms with E-state index < -0.39 is 23.4 Å².